The summed E-state index contributed by atoms with van der Waals surface area (Å²) >= 11 is 0. The number of aldehydes is 1. The third-order valence-corrected chi connectivity index (χ3v) is 4.71. The summed E-state index contributed by atoms with van der Waals surface area (Å²) in [4.78, 5) is 42.8. The van der Waals surface area contributed by atoms with Gasteiger partial charge in [0.05, 0.1) is 17.7 Å². The summed E-state index contributed by atoms with van der Waals surface area (Å²) in [5.74, 6) is -1.87. The molecule has 0 aliphatic rings. The van der Waals surface area contributed by atoms with Crippen molar-refractivity contribution in [1.29, 1.82) is 0 Å². The highest BCUT2D eigenvalue weighted by molar-refractivity contribution is 6.12. The van der Waals surface area contributed by atoms with Gasteiger partial charge in [-0.3, -0.25) is 9.59 Å². The number of nitrogens with zero attached hydrogens (tertiary/aromatic N) is 2. The summed E-state index contributed by atoms with van der Waals surface area (Å²) in [5, 5.41) is 11.0. The van der Waals surface area contributed by atoms with Crippen molar-refractivity contribution in [2.45, 2.75) is 34.2 Å². The van der Waals surface area contributed by atoms with Gasteiger partial charge in [-0.2, -0.15) is 0 Å². The molecule has 3 rings (SSSR count). The predicted molar refractivity (Wildman–Crippen MR) is 125 cm³/mol. The van der Waals surface area contributed by atoms with E-state index in [4.69, 9.17) is 9.47 Å². The largest absolute Gasteiger partial charge is 0.513 e. The van der Waals surface area contributed by atoms with Crippen LogP contribution in [0.4, 0.5) is 9.18 Å². The molecule has 8 nitrogen and oxygen atoms in total. The summed E-state index contributed by atoms with van der Waals surface area (Å²) in [5.41, 5.74) is 0.528. The number of amides is 1. The Morgan fingerprint density at radius 3 is 2.38 bits per heavy atom. The van der Waals surface area contributed by atoms with Crippen LogP contribution in [0.1, 0.15) is 52.7 Å². The highest BCUT2D eigenvalue weighted by atomic mass is 19.1. The Bertz CT molecular complexity index is 1190. The number of fused-ring (bicyclic) bond motifs is 1. The van der Waals surface area contributed by atoms with Crippen LogP contribution in [0.3, 0.4) is 0 Å². The Morgan fingerprint density at radius 2 is 1.79 bits per heavy atom. The van der Waals surface area contributed by atoms with Gasteiger partial charge in [0.15, 0.2) is 12.0 Å². The van der Waals surface area contributed by atoms with E-state index in [0.29, 0.717) is 17.5 Å². The molecular weight excluding hydrogens is 443 g/mol. The van der Waals surface area contributed by atoms with Gasteiger partial charge in [-0.05, 0) is 43.7 Å². The highest BCUT2D eigenvalue weighted by Gasteiger charge is 2.29. The van der Waals surface area contributed by atoms with Crippen molar-refractivity contribution < 1.29 is 33.4 Å². The minimum atomic E-state index is -1.08. The number of benzene rings is 2. The third kappa shape index (κ3) is 5.67. The SMILES string of the molecule is CC.CCOC(=O)Oc1c(C=O)c(C(=O)N(C)Cc2ccc(F)cc2)c(O)c2ccc(C)nc12. The van der Waals surface area contributed by atoms with E-state index >= 15 is 0 Å². The number of ether oxygens (including phenoxy) is 2. The number of aromatic hydroxyl groups is 1. The zero-order chi connectivity index (χ0) is 25.4. The summed E-state index contributed by atoms with van der Waals surface area (Å²) in [6.45, 7) is 7.37. The summed E-state index contributed by atoms with van der Waals surface area (Å²) in [6, 6.07) is 8.67. The molecule has 1 heterocycles. The molecule has 2 aromatic carbocycles. The van der Waals surface area contributed by atoms with E-state index in [9.17, 15) is 23.9 Å². The number of phenolic OH excluding ortho intramolecular Hbond substituents is 1. The van der Waals surface area contributed by atoms with Gasteiger partial charge in [0, 0.05) is 24.7 Å². The van der Waals surface area contributed by atoms with E-state index in [1.165, 1.54) is 42.3 Å². The molecule has 34 heavy (non-hydrogen) atoms. The van der Waals surface area contributed by atoms with Crippen LogP contribution in [0.25, 0.3) is 10.9 Å². The van der Waals surface area contributed by atoms with Crippen molar-refractivity contribution in [2.75, 3.05) is 13.7 Å². The quantitative estimate of drug-likeness (QED) is 0.306. The molecule has 1 amide bonds. The first-order valence-electron chi connectivity index (χ1n) is 10.7. The van der Waals surface area contributed by atoms with Crippen LogP contribution in [-0.2, 0) is 11.3 Å². The van der Waals surface area contributed by atoms with Crippen LogP contribution >= 0.6 is 0 Å². The molecule has 0 bridgehead atoms. The first kappa shape index (κ1) is 26.2. The van der Waals surface area contributed by atoms with E-state index in [2.05, 4.69) is 4.98 Å². The molecule has 0 aliphatic heterocycles. The summed E-state index contributed by atoms with van der Waals surface area (Å²) in [7, 11) is 1.46. The number of hydrogen-bond acceptors (Lipinski definition) is 7. The van der Waals surface area contributed by atoms with E-state index in [1.54, 1.807) is 19.9 Å². The Labute approximate surface area is 196 Å². The smallest absolute Gasteiger partial charge is 0.506 e. The lowest BCUT2D eigenvalue weighted by atomic mass is 9.99. The third-order valence-electron chi connectivity index (χ3n) is 4.71. The van der Waals surface area contributed by atoms with Crippen LogP contribution in [0.5, 0.6) is 11.5 Å². The number of aromatic nitrogens is 1. The van der Waals surface area contributed by atoms with Crippen LogP contribution in [0, 0.1) is 12.7 Å². The topological polar surface area (TPSA) is 106 Å². The second-order valence-corrected chi connectivity index (χ2v) is 7.01. The summed E-state index contributed by atoms with van der Waals surface area (Å²) < 4.78 is 23.2. The fourth-order valence-corrected chi connectivity index (χ4v) is 3.21. The van der Waals surface area contributed by atoms with Crippen LogP contribution in [0.15, 0.2) is 36.4 Å². The average Bonchev–Trinajstić information content (AvgIpc) is 2.83. The van der Waals surface area contributed by atoms with E-state index in [1.807, 2.05) is 13.8 Å². The number of pyridine rings is 1. The Kier molecular flexibility index (Phi) is 9.06. The molecule has 0 saturated heterocycles. The van der Waals surface area contributed by atoms with Crippen molar-refractivity contribution in [1.82, 2.24) is 9.88 Å². The van der Waals surface area contributed by atoms with Crippen LogP contribution in [-0.4, -0.2) is 47.0 Å². The molecular formula is C25H27FN2O6. The van der Waals surface area contributed by atoms with Crippen molar-refractivity contribution in [2.24, 2.45) is 0 Å². The van der Waals surface area contributed by atoms with Gasteiger partial charge in [-0.25, -0.2) is 14.2 Å². The molecule has 3 aromatic rings. The number of carbonyl (C=O) groups is 3. The average molecular weight is 470 g/mol. The minimum absolute atomic E-state index is 0.0317. The zero-order valence-electron chi connectivity index (χ0n) is 19.7. The molecule has 0 saturated carbocycles. The first-order valence-corrected chi connectivity index (χ1v) is 10.7. The van der Waals surface area contributed by atoms with Gasteiger partial charge in [0.1, 0.15) is 17.1 Å². The molecule has 0 unspecified atom stereocenters. The van der Waals surface area contributed by atoms with Crippen molar-refractivity contribution in [3.8, 4) is 11.5 Å². The van der Waals surface area contributed by atoms with Gasteiger partial charge in [-0.15, -0.1) is 0 Å². The minimum Gasteiger partial charge on any atom is -0.506 e. The van der Waals surface area contributed by atoms with Crippen molar-refractivity contribution >= 4 is 29.3 Å². The molecule has 0 aliphatic carbocycles. The van der Waals surface area contributed by atoms with Crippen LogP contribution in [0.2, 0.25) is 0 Å². The Morgan fingerprint density at radius 1 is 1.15 bits per heavy atom. The first-order chi connectivity index (χ1) is 16.3. The Balaban J connectivity index is 0.00000199. The molecule has 0 fully saturated rings. The lowest BCUT2D eigenvalue weighted by molar-refractivity contribution is 0.0776. The fourth-order valence-electron chi connectivity index (χ4n) is 3.21. The zero-order valence-corrected chi connectivity index (χ0v) is 19.7. The number of hydrogen-bond donors (Lipinski definition) is 1. The molecule has 0 atom stereocenters. The van der Waals surface area contributed by atoms with Gasteiger partial charge in [0.25, 0.3) is 5.91 Å². The maximum Gasteiger partial charge on any atom is 0.513 e. The molecule has 180 valence electrons. The lowest BCUT2D eigenvalue weighted by Crippen LogP contribution is -2.28. The van der Waals surface area contributed by atoms with Crippen molar-refractivity contribution in [3.05, 3.63) is 64.6 Å². The maximum absolute atomic E-state index is 13.2. The number of rotatable bonds is 6. The number of aryl methyl sites for hydroxylation is 1. The standard InChI is InChI=1S/C23H21FN2O6.C2H6/c1-4-31-23(30)32-21-17(12-27)18(20(28)16-10-5-13(2)25-19(16)21)22(29)26(3)11-14-6-8-15(24)9-7-14;1-2/h5-10,12,28H,4,11H2,1-3H3;1-2H3. The number of halogens is 1. The van der Waals surface area contributed by atoms with E-state index in [-0.39, 0.29) is 40.9 Å². The van der Waals surface area contributed by atoms with E-state index < -0.39 is 23.6 Å². The Hall–Kier alpha value is -4.01. The second kappa shape index (κ2) is 11.7. The normalized spacial score (nSPS) is 10.2. The number of carbonyl (C=O) groups excluding carboxylic acids is 3. The molecule has 0 spiro atoms. The number of phenols is 1. The molecule has 9 heteroatoms. The second-order valence-electron chi connectivity index (χ2n) is 7.01. The monoisotopic (exact) mass is 470 g/mol. The van der Waals surface area contributed by atoms with Gasteiger partial charge < -0.3 is 19.5 Å². The molecule has 0 radical (unpaired) electrons. The van der Waals surface area contributed by atoms with Crippen molar-refractivity contribution in [3.63, 3.8) is 0 Å². The van der Waals surface area contributed by atoms with Gasteiger partial charge in [-0.1, -0.05) is 26.0 Å². The summed E-state index contributed by atoms with van der Waals surface area (Å²) in [6.07, 6.45) is -0.763. The molecule has 1 N–H and O–H groups in total. The fraction of sp³-hybridized carbons (Fsp3) is 0.280. The van der Waals surface area contributed by atoms with Gasteiger partial charge in [0.2, 0.25) is 0 Å². The molecule has 1 aromatic heterocycles. The predicted octanol–water partition coefficient (Wildman–Crippen LogP) is 5.03. The van der Waals surface area contributed by atoms with E-state index in [0.717, 1.165) is 0 Å². The van der Waals surface area contributed by atoms with Gasteiger partial charge >= 0.3 is 6.16 Å². The van der Waals surface area contributed by atoms with Crippen LogP contribution < -0.4 is 4.74 Å². The highest BCUT2D eigenvalue weighted by Crippen LogP contribution is 2.39. The maximum atomic E-state index is 13.2. The lowest BCUT2D eigenvalue weighted by Gasteiger charge is -2.21.